The van der Waals surface area contributed by atoms with Crippen LogP contribution in [0.5, 0.6) is 11.5 Å². The van der Waals surface area contributed by atoms with Crippen molar-refractivity contribution < 1.29 is 9.84 Å². The van der Waals surface area contributed by atoms with Crippen LogP contribution >= 0.6 is 0 Å². The van der Waals surface area contributed by atoms with Crippen LogP contribution in [0.1, 0.15) is 25.0 Å². The summed E-state index contributed by atoms with van der Waals surface area (Å²) >= 11 is 0. The van der Waals surface area contributed by atoms with Crippen LogP contribution in [0.2, 0.25) is 0 Å². The first-order valence-electron chi connectivity index (χ1n) is 9.56. The lowest BCUT2D eigenvalue weighted by atomic mass is 9.81. The van der Waals surface area contributed by atoms with Crippen LogP contribution in [0.4, 0.5) is 0 Å². The Morgan fingerprint density at radius 2 is 1.46 bits per heavy atom. The Morgan fingerprint density at radius 3 is 2.25 bits per heavy atom. The van der Waals surface area contributed by atoms with Gasteiger partial charge in [-0.2, -0.15) is 0 Å². The van der Waals surface area contributed by atoms with E-state index in [-0.39, 0.29) is 5.41 Å². The number of hydrogen-bond donors (Lipinski definition) is 1. The fraction of sp³-hybridized carbons (Fsp3) is 0.154. The number of rotatable bonds is 2. The van der Waals surface area contributed by atoms with Crippen molar-refractivity contribution >= 4 is 10.8 Å². The number of benzene rings is 4. The molecule has 1 aliphatic rings. The summed E-state index contributed by atoms with van der Waals surface area (Å²) in [6.45, 7) is 4.47. The molecule has 138 valence electrons. The Labute approximate surface area is 165 Å². The van der Waals surface area contributed by atoms with Crippen LogP contribution in [0.3, 0.4) is 0 Å². The van der Waals surface area contributed by atoms with Crippen LogP contribution in [-0.4, -0.2) is 12.2 Å². The maximum absolute atomic E-state index is 10.6. The van der Waals surface area contributed by atoms with Crippen LogP contribution in [0, 0.1) is 0 Å². The molecule has 0 atom stereocenters. The molecule has 1 N–H and O–H groups in total. The topological polar surface area (TPSA) is 29.5 Å². The largest absolute Gasteiger partial charge is 0.507 e. The first kappa shape index (κ1) is 16.9. The highest BCUT2D eigenvalue weighted by Gasteiger charge is 2.37. The Bertz CT molecular complexity index is 1230. The van der Waals surface area contributed by atoms with Crippen molar-refractivity contribution in [3.8, 4) is 33.8 Å². The summed E-state index contributed by atoms with van der Waals surface area (Å²) in [6.07, 6.45) is 0. The molecule has 0 bridgehead atoms. The smallest absolute Gasteiger partial charge is 0.126 e. The van der Waals surface area contributed by atoms with Crippen molar-refractivity contribution in [3.63, 3.8) is 0 Å². The summed E-state index contributed by atoms with van der Waals surface area (Å²) in [7, 11) is 1.71. The van der Waals surface area contributed by atoms with Crippen LogP contribution in [0.15, 0.2) is 72.8 Å². The molecule has 0 fully saturated rings. The SMILES string of the molecule is COc1ccccc1-c1ccc2c(c1)C(C)(C)c1cc(O)c3ccccc3c1-2. The standard InChI is InChI=1S/C26H22O2/c1-26(2)21-14-16(17-8-6-7-11-24(17)28-3)12-13-20(21)25-19-10-5-4-9-18(19)23(27)15-22(25)26/h4-15,27H,1-3H3. The van der Waals surface area contributed by atoms with Crippen molar-refractivity contribution in [3.05, 3.63) is 83.9 Å². The molecule has 4 aromatic rings. The van der Waals surface area contributed by atoms with Gasteiger partial charge in [-0.25, -0.2) is 0 Å². The van der Waals surface area contributed by atoms with E-state index in [1.165, 1.54) is 22.3 Å². The monoisotopic (exact) mass is 366 g/mol. The van der Waals surface area contributed by atoms with Gasteiger partial charge in [0.25, 0.3) is 0 Å². The molecule has 0 spiro atoms. The number of ether oxygens (including phenoxy) is 1. The molecule has 2 heteroatoms. The summed E-state index contributed by atoms with van der Waals surface area (Å²) in [5.74, 6) is 1.22. The van der Waals surface area contributed by atoms with Crippen LogP contribution in [-0.2, 0) is 5.41 Å². The van der Waals surface area contributed by atoms with Gasteiger partial charge < -0.3 is 9.84 Å². The van der Waals surface area contributed by atoms with Gasteiger partial charge in [-0.3, -0.25) is 0 Å². The van der Waals surface area contributed by atoms with Gasteiger partial charge in [0.1, 0.15) is 11.5 Å². The quantitative estimate of drug-likeness (QED) is 0.437. The molecule has 2 nitrogen and oxygen atoms in total. The molecule has 0 aliphatic heterocycles. The molecule has 0 heterocycles. The van der Waals surface area contributed by atoms with Gasteiger partial charge in [-0.15, -0.1) is 0 Å². The normalized spacial score (nSPS) is 14.0. The third-order valence-electron chi connectivity index (χ3n) is 6.08. The van der Waals surface area contributed by atoms with E-state index in [9.17, 15) is 5.11 Å². The highest BCUT2D eigenvalue weighted by atomic mass is 16.5. The average Bonchev–Trinajstić information content (AvgIpc) is 2.95. The Balaban J connectivity index is 1.80. The molecular formula is C26H22O2. The number of phenolic OH excluding ortho intramolecular Hbond substituents is 1. The molecule has 0 saturated heterocycles. The molecule has 0 radical (unpaired) electrons. The lowest BCUT2D eigenvalue weighted by Gasteiger charge is -2.22. The number of methoxy groups -OCH3 is 1. The predicted octanol–water partition coefficient (Wildman–Crippen LogP) is 6.53. The Hall–Kier alpha value is -3.26. The minimum atomic E-state index is -0.190. The van der Waals surface area contributed by atoms with E-state index < -0.39 is 0 Å². The second kappa shape index (κ2) is 5.87. The Morgan fingerprint density at radius 1 is 0.750 bits per heavy atom. The van der Waals surface area contributed by atoms with Gasteiger partial charge in [-0.05, 0) is 51.4 Å². The van der Waals surface area contributed by atoms with Crippen molar-refractivity contribution in [2.45, 2.75) is 19.3 Å². The number of hydrogen-bond acceptors (Lipinski definition) is 2. The molecule has 0 aromatic heterocycles. The van der Waals surface area contributed by atoms with Crippen molar-refractivity contribution in [2.24, 2.45) is 0 Å². The summed E-state index contributed by atoms with van der Waals surface area (Å²) in [5, 5.41) is 12.6. The lowest BCUT2D eigenvalue weighted by Crippen LogP contribution is -2.15. The number of para-hydroxylation sites is 1. The molecule has 28 heavy (non-hydrogen) atoms. The highest BCUT2D eigenvalue weighted by molar-refractivity contribution is 6.05. The minimum absolute atomic E-state index is 0.190. The third kappa shape index (κ3) is 2.21. The molecule has 0 unspecified atom stereocenters. The van der Waals surface area contributed by atoms with Gasteiger partial charge in [0.15, 0.2) is 0 Å². The van der Waals surface area contributed by atoms with E-state index in [1.54, 1.807) is 7.11 Å². The van der Waals surface area contributed by atoms with Crippen LogP contribution < -0.4 is 4.74 Å². The lowest BCUT2D eigenvalue weighted by molar-refractivity contribution is 0.416. The maximum Gasteiger partial charge on any atom is 0.126 e. The fourth-order valence-electron chi connectivity index (χ4n) is 4.61. The average molecular weight is 366 g/mol. The highest BCUT2D eigenvalue weighted by Crippen LogP contribution is 2.53. The number of aromatic hydroxyl groups is 1. The summed E-state index contributed by atoms with van der Waals surface area (Å²) in [6, 6.07) is 24.8. The fourth-order valence-corrected chi connectivity index (χ4v) is 4.61. The first-order valence-corrected chi connectivity index (χ1v) is 9.56. The second-order valence-corrected chi connectivity index (χ2v) is 7.95. The summed E-state index contributed by atoms with van der Waals surface area (Å²) in [5.41, 5.74) is 6.98. The van der Waals surface area contributed by atoms with Gasteiger partial charge in [0, 0.05) is 16.4 Å². The minimum Gasteiger partial charge on any atom is -0.507 e. The van der Waals surface area contributed by atoms with Crippen LogP contribution in [0.25, 0.3) is 33.0 Å². The van der Waals surface area contributed by atoms with E-state index in [2.05, 4.69) is 44.2 Å². The van der Waals surface area contributed by atoms with E-state index >= 15 is 0 Å². The molecule has 1 aliphatic carbocycles. The van der Waals surface area contributed by atoms with Gasteiger partial charge in [0.05, 0.1) is 7.11 Å². The van der Waals surface area contributed by atoms with Crippen molar-refractivity contribution in [1.29, 1.82) is 0 Å². The molecular weight excluding hydrogens is 344 g/mol. The molecule has 5 rings (SSSR count). The summed E-state index contributed by atoms with van der Waals surface area (Å²) in [4.78, 5) is 0. The van der Waals surface area contributed by atoms with Gasteiger partial charge in [0.2, 0.25) is 0 Å². The van der Waals surface area contributed by atoms with E-state index in [0.717, 1.165) is 27.6 Å². The summed E-state index contributed by atoms with van der Waals surface area (Å²) < 4.78 is 5.57. The maximum atomic E-state index is 10.6. The first-order chi connectivity index (χ1) is 13.5. The second-order valence-electron chi connectivity index (χ2n) is 7.95. The number of phenols is 1. The van der Waals surface area contributed by atoms with Crippen molar-refractivity contribution in [2.75, 3.05) is 7.11 Å². The van der Waals surface area contributed by atoms with E-state index in [0.29, 0.717) is 5.75 Å². The third-order valence-corrected chi connectivity index (χ3v) is 6.08. The molecule has 4 aromatic carbocycles. The zero-order valence-electron chi connectivity index (χ0n) is 16.3. The number of fused-ring (bicyclic) bond motifs is 5. The molecule has 0 amide bonds. The molecule has 0 saturated carbocycles. The van der Waals surface area contributed by atoms with E-state index in [4.69, 9.17) is 4.74 Å². The zero-order valence-corrected chi connectivity index (χ0v) is 16.3. The van der Waals surface area contributed by atoms with Crippen molar-refractivity contribution in [1.82, 2.24) is 0 Å². The van der Waals surface area contributed by atoms with E-state index in [1.807, 2.05) is 42.5 Å². The van der Waals surface area contributed by atoms with Gasteiger partial charge in [-0.1, -0.05) is 68.4 Å². The predicted molar refractivity (Wildman–Crippen MR) is 115 cm³/mol. The zero-order chi connectivity index (χ0) is 19.5. The van der Waals surface area contributed by atoms with Gasteiger partial charge >= 0.3 is 0 Å². The Kier molecular flexibility index (Phi) is 3.54.